The van der Waals surface area contributed by atoms with Crippen molar-refractivity contribution in [3.63, 3.8) is 0 Å². The molecule has 0 aliphatic carbocycles. The van der Waals surface area contributed by atoms with Crippen molar-refractivity contribution in [2.75, 3.05) is 6.54 Å². The molecule has 2 amide bonds. The van der Waals surface area contributed by atoms with Gasteiger partial charge in [0.2, 0.25) is 0 Å². The SMILES string of the molecule is O=C(CC(CCN1C(=O)c2cc3ccccc3cc2C1=O)C(=O)O)c1ccc(-c2ccc(Cl)cc2)cc1. The van der Waals surface area contributed by atoms with Gasteiger partial charge in [-0.15, -0.1) is 0 Å². The molecule has 4 aromatic carbocycles. The van der Waals surface area contributed by atoms with Gasteiger partial charge in [-0.3, -0.25) is 24.1 Å². The van der Waals surface area contributed by atoms with E-state index in [1.165, 1.54) is 0 Å². The van der Waals surface area contributed by atoms with Crippen LogP contribution in [-0.4, -0.2) is 40.1 Å². The van der Waals surface area contributed by atoms with Crippen LogP contribution in [0.4, 0.5) is 0 Å². The van der Waals surface area contributed by atoms with Crippen LogP contribution in [0.25, 0.3) is 21.9 Å². The minimum atomic E-state index is -1.14. The van der Waals surface area contributed by atoms with Crippen LogP contribution in [0.5, 0.6) is 0 Å². The Labute approximate surface area is 218 Å². The van der Waals surface area contributed by atoms with Gasteiger partial charge in [0.05, 0.1) is 17.0 Å². The summed E-state index contributed by atoms with van der Waals surface area (Å²) in [6, 6.07) is 25.1. The number of ketones is 1. The summed E-state index contributed by atoms with van der Waals surface area (Å²) in [5.41, 5.74) is 2.87. The van der Waals surface area contributed by atoms with Crippen molar-refractivity contribution in [1.82, 2.24) is 4.90 Å². The zero-order chi connectivity index (χ0) is 26.1. The molecule has 5 rings (SSSR count). The number of carbonyl (C=O) groups is 4. The Morgan fingerprint density at radius 1 is 0.784 bits per heavy atom. The predicted octanol–water partition coefficient (Wildman–Crippen LogP) is 6.12. The average Bonchev–Trinajstić information content (AvgIpc) is 3.14. The Morgan fingerprint density at radius 2 is 1.30 bits per heavy atom. The molecule has 7 heteroatoms. The van der Waals surface area contributed by atoms with E-state index in [2.05, 4.69) is 0 Å². The van der Waals surface area contributed by atoms with Gasteiger partial charge in [0.15, 0.2) is 5.78 Å². The molecule has 0 spiro atoms. The maximum absolute atomic E-state index is 12.9. The molecule has 0 bridgehead atoms. The second kappa shape index (κ2) is 9.99. The average molecular weight is 512 g/mol. The lowest BCUT2D eigenvalue weighted by molar-refractivity contribution is -0.142. The highest BCUT2D eigenvalue weighted by molar-refractivity contribution is 6.30. The molecule has 0 radical (unpaired) electrons. The maximum Gasteiger partial charge on any atom is 0.307 e. The van der Waals surface area contributed by atoms with Crippen LogP contribution in [0.2, 0.25) is 5.02 Å². The smallest absolute Gasteiger partial charge is 0.307 e. The summed E-state index contributed by atoms with van der Waals surface area (Å²) in [5, 5.41) is 12.1. The summed E-state index contributed by atoms with van der Waals surface area (Å²) < 4.78 is 0. The molecule has 0 saturated heterocycles. The second-order valence-corrected chi connectivity index (χ2v) is 9.48. The third kappa shape index (κ3) is 4.88. The van der Waals surface area contributed by atoms with E-state index in [0.29, 0.717) is 21.7 Å². The van der Waals surface area contributed by atoms with E-state index in [1.54, 1.807) is 48.5 Å². The molecule has 184 valence electrons. The van der Waals surface area contributed by atoms with E-state index in [1.807, 2.05) is 36.4 Å². The summed E-state index contributed by atoms with van der Waals surface area (Å²) in [7, 11) is 0. The van der Waals surface area contributed by atoms with Crippen molar-refractivity contribution in [2.24, 2.45) is 5.92 Å². The van der Waals surface area contributed by atoms with E-state index in [-0.39, 0.29) is 25.2 Å². The summed E-state index contributed by atoms with van der Waals surface area (Å²) in [5.74, 6) is -3.39. The van der Waals surface area contributed by atoms with Crippen LogP contribution in [-0.2, 0) is 4.79 Å². The van der Waals surface area contributed by atoms with Crippen LogP contribution >= 0.6 is 11.6 Å². The number of hydrogen-bond acceptors (Lipinski definition) is 4. The van der Waals surface area contributed by atoms with Crippen molar-refractivity contribution in [2.45, 2.75) is 12.8 Å². The Hall–Kier alpha value is -4.29. The quantitative estimate of drug-likeness (QED) is 0.227. The first-order valence-corrected chi connectivity index (χ1v) is 12.2. The topological polar surface area (TPSA) is 91.8 Å². The number of Topliss-reactive ketones (excluding diaryl/α,β-unsaturated/α-hetero) is 1. The Bertz CT molecular complexity index is 1490. The van der Waals surface area contributed by atoms with Crippen LogP contribution in [0.15, 0.2) is 84.9 Å². The minimum Gasteiger partial charge on any atom is -0.481 e. The van der Waals surface area contributed by atoms with Crippen molar-refractivity contribution in [3.8, 4) is 11.1 Å². The number of hydrogen-bond donors (Lipinski definition) is 1. The number of rotatable bonds is 8. The lowest BCUT2D eigenvalue weighted by atomic mass is 9.94. The Kier molecular flexibility index (Phi) is 6.59. The van der Waals surface area contributed by atoms with E-state index >= 15 is 0 Å². The zero-order valence-electron chi connectivity index (χ0n) is 19.7. The van der Waals surface area contributed by atoms with E-state index in [9.17, 15) is 24.3 Å². The highest BCUT2D eigenvalue weighted by atomic mass is 35.5. The number of nitrogens with zero attached hydrogens (tertiary/aromatic N) is 1. The van der Waals surface area contributed by atoms with Crippen molar-refractivity contribution in [1.29, 1.82) is 0 Å². The Balaban J connectivity index is 1.26. The first-order valence-electron chi connectivity index (χ1n) is 11.8. The van der Waals surface area contributed by atoms with Crippen LogP contribution < -0.4 is 0 Å². The minimum absolute atomic E-state index is 0.0189. The summed E-state index contributed by atoms with van der Waals surface area (Å²) in [4.78, 5) is 51.7. The number of benzene rings is 4. The monoisotopic (exact) mass is 511 g/mol. The van der Waals surface area contributed by atoms with Gasteiger partial charge < -0.3 is 5.11 Å². The van der Waals surface area contributed by atoms with E-state index in [4.69, 9.17) is 11.6 Å². The highest BCUT2D eigenvalue weighted by Gasteiger charge is 2.36. The molecule has 1 aliphatic heterocycles. The fourth-order valence-electron chi connectivity index (χ4n) is 4.61. The fraction of sp³-hybridized carbons (Fsp3) is 0.133. The molecule has 37 heavy (non-hydrogen) atoms. The number of fused-ring (bicyclic) bond motifs is 2. The van der Waals surface area contributed by atoms with E-state index < -0.39 is 23.7 Å². The van der Waals surface area contributed by atoms with Gasteiger partial charge in [0.25, 0.3) is 11.8 Å². The largest absolute Gasteiger partial charge is 0.481 e. The highest BCUT2D eigenvalue weighted by Crippen LogP contribution is 2.29. The van der Waals surface area contributed by atoms with Gasteiger partial charge in [-0.25, -0.2) is 0 Å². The summed E-state index contributed by atoms with van der Waals surface area (Å²) in [6.45, 7) is -0.0809. The number of carboxylic acids is 1. The standard InChI is InChI=1S/C30H22ClNO5/c31-24-11-9-19(10-12-24)18-5-7-20(8-6-18)27(33)17-23(30(36)37)13-14-32-28(34)25-15-21-3-1-2-4-22(21)16-26(25)29(32)35/h1-12,15-16,23H,13-14,17H2,(H,36,37). The van der Waals surface area contributed by atoms with Gasteiger partial charge in [-0.05, 0) is 52.6 Å². The third-order valence-electron chi connectivity index (χ3n) is 6.70. The molecule has 1 N–H and O–H groups in total. The van der Waals surface area contributed by atoms with Gasteiger partial charge in [0, 0.05) is 23.6 Å². The van der Waals surface area contributed by atoms with Gasteiger partial charge in [0.1, 0.15) is 0 Å². The van der Waals surface area contributed by atoms with Crippen molar-refractivity contribution < 1.29 is 24.3 Å². The molecule has 0 aromatic heterocycles. The molecular formula is C30H22ClNO5. The summed E-state index contributed by atoms with van der Waals surface area (Å²) in [6.07, 6.45) is -0.252. The van der Waals surface area contributed by atoms with Crippen molar-refractivity contribution >= 4 is 45.9 Å². The van der Waals surface area contributed by atoms with Gasteiger partial charge in [-0.2, -0.15) is 0 Å². The van der Waals surface area contributed by atoms with Crippen molar-refractivity contribution in [3.05, 3.63) is 107 Å². The zero-order valence-corrected chi connectivity index (χ0v) is 20.4. The van der Waals surface area contributed by atoms with Crippen LogP contribution in [0.3, 0.4) is 0 Å². The van der Waals surface area contributed by atoms with Crippen LogP contribution in [0, 0.1) is 5.92 Å². The molecule has 1 heterocycles. The van der Waals surface area contributed by atoms with E-state index in [0.717, 1.165) is 26.8 Å². The molecule has 1 atom stereocenters. The molecule has 0 fully saturated rings. The maximum atomic E-state index is 12.9. The molecule has 1 aliphatic rings. The lowest BCUT2D eigenvalue weighted by Crippen LogP contribution is -2.33. The van der Waals surface area contributed by atoms with Crippen LogP contribution in [0.1, 0.15) is 43.9 Å². The number of carboxylic acid groups (broad SMARTS) is 1. The first-order chi connectivity index (χ1) is 17.8. The predicted molar refractivity (Wildman–Crippen MR) is 141 cm³/mol. The molecule has 6 nitrogen and oxygen atoms in total. The number of carbonyl (C=O) groups excluding carboxylic acids is 3. The van der Waals surface area contributed by atoms with Gasteiger partial charge in [-0.1, -0.05) is 72.3 Å². The first kappa shape index (κ1) is 24.4. The molecular weight excluding hydrogens is 490 g/mol. The number of halogens is 1. The number of amides is 2. The van der Waals surface area contributed by atoms with Gasteiger partial charge >= 0.3 is 5.97 Å². The summed E-state index contributed by atoms with van der Waals surface area (Å²) >= 11 is 5.94. The second-order valence-electron chi connectivity index (χ2n) is 9.04. The fourth-order valence-corrected chi connectivity index (χ4v) is 4.74. The number of imide groups is 1. The Morgan fingerprint density at radius 3 is 1.81 bits per heavy atom. The third-order valence-corrected chi connectivity index (χ3v) is 6.96. The molecule has 0 saturated carbocycles. The molecule has 4 aromatic rings. The molecule has 1 unspecified atom stereocenters. The number of aliphatic carboxylic acids is 1. The lowest BCUT2D eigenvalue weighted by Gasteiger charge is -2.17. The normalized spacial score (nSPS) is 13.6.